The van der Waals surface area contributed by atoms with Gasteiger partial charge in [-0.2, -0.15) is 0 Å². The predicted octanol–water partition coefficient (Wildman–Crippen LogP) is 3.42. The van der Waals surface area contributed by atoms with E-state index < -0.39 is 0 Å². The third-order valence-electron chi connectivity index (χ3n) is 3.58. The van der Waals surface area contributed by atoms with Gasteiger partial charge in [0.15, 0.2) is 0 Å². The van der Waals surface area contributed by atoms with Crippen LogP contribution in [0.25, 0.3) is 11.3 Å². The summed E-state index contributed by atoms with van der Waals surface area (Å²) >= 11 is 1.58. The van der Waals surface area contributed by atoms with Gasteiger partial charge in [-0.05, 0) is 29.8 Å². The van der Waals surface area contributed by atoms with E-state index in [4.69, 9.17) is 0 Å². The third-order valence-corrected chi connectivity index (χ3v) is 4.49. The highest BCUT2D eigenvalue weighted by molar-refractivity contribution is 7.09. The number of aromatic hydroxyl groups is 1. The second kappa shape index (κ2) is 7.75. The summed E-state index contributed by atoms with van der Waals surface area (Å²) in [6.45, 7) is 0.578. The van der Waals surface area contributed by atoms with E-state index in [2.05, 4.69) is 10.3 Å². The van der Waals surface area contributed by atoms with Gasteiger partial charge in [-0.15, -0.1) is 11.3 Å². The molecule has 122 valence electrons. The lowest BCUT2D eigenvalue weighted by Crippen LogP contribution is -2.27. The highest BCUT2D eigenvalue weighted by Crippen LogP contribution is 2.23. The Morgan fingerprint density at radius 2 is 1.83 bits per heavy atom. The zero-order chi connectivity index (χ0) is 16.8. The highest BCUT2D eigenvalue weighted by Gasteiger charge is 2.06. The normalized spacial score (nSPS) is 10.5. The number of carbonyl (C=O) groups is 1. The van der Waals surface area contributed by atoms with Crippen molar-refractivity contribution >= 4 is 17.2 Å². The van der Waals surface area contributed by atoms with Crippen molar-refractivity contribution in [1.82, 2.24) is 10.3 Å². The first kappa shape index (κ1) is 16.2. The summed E-state index contributed by atoms with van der Waals surface area (Å²) in [5.74, 6) is 0.270. The fourth-order valence-electron chi connectivity index (χ4n) is 2.34. The molecule has 1 aromatic heterocycles. The second-order valence-electron chi connectivity index (χ2n) is 5.44. The van der Waals surface area contributed by atoms with Crippen molar-refractivity contribution in [3.05, 3.63) is 70.5 Å². The molecule has 3 aromatic rings. The summed E-state index contributed by atoms with van der Waals surface area (Å²) < 4.78 is 0. The van der Waals surface area contributed by atoms with Crippen LogP contribution in [0.4, 0.5) is 0 Å². The molecule has 2 aromatic carbocycles. The van der Waals surface area contributed by atoms with Crippen molar-refractivity contribution < 1.29 is 9.90 Å². The lowest BCUT2D eigenvalue weighted by molar-refractivity contribution is -0.120. The van der Waals surface area contributed by atoms with Gasteiger partial charge in [-0.1, -0.05) is 30.3 Å². The summed E-state index contributed by atoms with van der Waals surface area (Å²) in [5.41, 5.74) is 2.88. The minimum Gasteiger partial charge on any atom is -0.508 e. The average molecular weight is 338 g/mol. The van der Waals surface area contributed by atoms with Crippen LogP contribution in [-0.4, -0.2) is 22.5 Å². The Morgan fingerprint density at radius 1 is 1.08 bits per heavy atom. The van der Waals surface area contributed by atoms with Crippen LogP contribution in [-0.2, 0) is 17.6 Å². The van der Waals surface area contributed by atoms with Crippen molar-refractivity contribution in [2.24, 2.45) is 0 Å². The van der Waals surface area contributed by atoms with Crippen molar-refractivity contribution in [2.45, 2.75) is 12.8 Å². The van der Waals surface area contributed by atoms with Gasteiger partial charge < -0.3 is 10.4 Å². The first-order valence-electron chi connectivity index (χ1n) is 7.75. The van der Waals surface area contributed by atoms with E-state index in [0.717, 1.165) is 21.8 Å². The smallest absolute Gasteiger partial charge is 0.224 e. The van der Waals surface area contributed by atoms with E-state index in [-0.39, 0.29) is 11.7 Å². The van der Waals surface area contributed by atoms with Crippen LogP contribution in [0, 0.1) is 0 Å². The molecule has 0 aliphatic rings. The maximum absolute atomic E-state index is 11.9. The van der Waals surface area contributed by atoms with Crippen LogP contribution in [0.3, 0.4) is 0 Å². The monoisotopic (exact) mass is 338 g/mol. The Hall–Kier alpha value is -2.66. The molecule has 0 saturated carbocycles. The number of aromatic nitrogens is 1. The second-order valence-corrected chi connectivity index (χ2v) is 6.38. The minimum atomic E-state index is 0.0246. The molecule has 2 N–H and O–H groups in total. The summed E-state index contributed by atoms with van der Waals surface area (Å²) in [4.78, 5) is 16.5. The fourth-order valence-corrected chi connectivity index (χ4v) is 3.15. The van der Waals surface area contributed by atoms with Gasteiger partial charge in [0, 0.05) is 23.9 Å². The quantitative estimate of drug-likeness (QED) is 0.724. The molecule has 0 fully saturated rings. The van der Waals surface area contributed by atoms with E-state index >= 15 is 0 Å². The van der Waals surface area contributed by atoms with E-state index in [1.165, 1.54) is 0 Å². The number of hydrogen-bond acceptors (Lipinski definition) is 4. The molecule has 0 atom stereocenters. The summed E-state index contributed by atoms with van der Waals surface area (Å²) in [6.07, 6.45) is 1.11. The first-order chi connectivity index (χ1) is 11.7. The van der Waals surface area contributed by atoms with Gasteiger partial charge in [-0.3, -0.25) is 4.79 Å². The van der Waals surface area contributed by atoms with Crippen molar-refractivity contribution in [1.29, 1.82) is 0 Å². The Labute approximate surface area is 144 Å². The van der Waals surface area contributed by atoms with Gasteiger partial charge in [0.1, 0.15) is 5.75 Å². The number of nitrogens with zero attached hydrogens (tertiary/aromatic N) is 1. The van der Waals surface area contributed by atoms with Gasteiger partial charge in [0.2, 0.25) is 5.91 Å². The SMILES string of the molecule is O=C(Cc1ccccc1)NCCc1nc(-c2ccc(O)cc2)cs1. The molecular formula is C19H18N2O2S. The molecule has 0 aliphatic carbocycles. The van der Waals surface area contributed by atoms with Gasteiger partial charge in [0.05, 0.1) is 17.1 Å². The standard InChI is InChI=1S/C19H18N2O2S/c22-16-8-6-15(7-9-16)17-13-24-19(21-17)10-11-20-18(23)12-14-4-2-1-3-5-14/h1-9,13,22H,10-12H2,(H,20,23). The molecule has 5 heteroatoms. The number of benzene rings is 2. The fraction of sp³-hybridized carbons (Fsp3) is 0.158. The lowest BCUT2D eigenvalue weighted by Gasteiger charge is -2.04. The van der Waals surface area contributed by atoms with Gasteiger partial charge in [0.25, 0.3) is 0 Å². The average Bonchev–Trinajstić information content (AvgIpc) is 3.05. The Bertz CT molecular complexity index is 798. The van der Waals surface area contributed by atoms with Crippen molar-refractivity contribution in [3.8, 4) is 17.0 Å². The molecule has 1 amide bonds. The van der Waals surface area contributed by atoms with E-state index in [1.54, 1.807) is 23.5 Å². The summed E-state index contributed by atoms with van der Waals surface area (Å²) in [7, 11) is 0. The number of phenolic OH excluding ortho intramolecular Hbond substituents is 1. The molecule has 0 saturated heterocycles. The Kier molecular flexibility index (Phi) is 5.23. The first-order valence-corrected chi connectivity index (χ1v) is 8.63. The molecule has 0 aliphatic heterocycles. The minimum absolute atomic E-state index is 0.0246. The maximum Gasteiger partial charge on any atom is 0.224 e. The largest absolute Gasteiger partial charge is 0.508 e. The van der Waals surface area contributed by atoms with Crippen molar-refractivity contribution in [2.75, 3.05) is 6.54 Å². The number of hydrogen-bond donors (Lipinski definition) is 2. The Morgan fingerprint density at radius 3 is 2.58 bits per heavy atom. The highest BCUT2D eigenvalue weighted by atomic mass is 32.1. The lowest BCUT2D eigenvalue weighted by atomic mass is 10.1. The number of rotatable bonds is 6. The molecule has 0 unspecified atom stereocenters. The molecule has 24 heavy (non-hydrogen) atoms. The third kappa shape index (κ3) is 4.43. The molecule has 4 nitrogen and oxygen atoms in total. The predicted molar refractivity (Wildman–Crippen MR) is 96.1 cm³/mol. The molecule has 0 radical (unpaired) electrons. The summed E-state index contributed by atoms with van der Waals surface area (Å²) in [5, 5.41) is 15.2. The van der Waals surface area contributed by atoms with Crippen LogP contribution < -0.4 is 5.32 Å². The van der Waals surface area contributed by atoms with Crippen LogP contribution in [0.2, 0.25) is 0 Å². The van der Waals surface area contributed by atoms with Gasteiger partial charge >= 0.3 is 0 Å². The molecule has 1 heterocycles. The number of phenols is 1. The van der Waals surface area contributed by atoms with Crippen LogP contribution >= 0.6 is 11.3 Å². The number of nitrogens with one attached hydrogen (secondary N) is 1. The summed E-state index contributed by atoms with van der Waals surface area (Å²) in [6, 6.07) is 16.7. The molecule has 0 spiro atoms. The molecule has 0 bridgehead atoms. The van der Waals surface area contributed by atoms with Crippen LogP contribution in [0.15, 0.2) is 60.0 Å². The number of amides is 1. The van der Waals surface area contributed by atoms with E-state index in [9.17, 15) is 9.90 Å². The number of thiazole rings is 1. The number of carbonyl (C=O) groups excluding carboxylic acids is 1. The molecular weight excluding hydrogens is 320 g/mol. The van der Waals surface area contributed by atoms with E-state index in [0.29, 0.717) is 19.4 Å². The van der Waals surface area contributed by atoms with E-state index in [1.807, 2.05) is 47.8 Å². The Balaban J connectivity index is 1.49. The van der Waals surface area contributed by atoms with Gasteiger partial charge in [-0.25, -0.2) is 4.98 Å². The topological polar surface area (TPSA) is 62.2 Å². The zero-order valence-corrected chi connectivity index (χ0v) is 13.9. The zero-order valence-electron chi connectivity index (χ0n) is 13.1. The van der Waals surface area contributed by atoms with Crippen LogP contribution in [0.1, 0.15) is 10.6 Å². The van der Waals surface area contributed by atoms with Crippen LogP contribution in [0.5, 0.6) is 5.75 Å². The maximum atomic E-state index is 11.9. The van der Waals surface area contributed by atoms with Crippen molar-refractivity contribution in [3.63, 3.8) is 0 Å². The molecule has 3 rings (SSSR count).